The number of rotatable bonds is 5. The van der Waals surface area contributed by atoms with E-state index >= 15 is 0 Å². The van der Waals surface area contributed by atoms with E-state index in [9.17, 15) is 5.26 Å². The Hall–Kier alpha value is -4.23. The smallest absolute Gasteiger partial charge is 0.219 e. The van der Waals surface area contributed by atoms with Crippen molar-refractivity contribution in [1.82, 2.24) is 29.8 Å². The van der Waals surface area contributed by atoms with Crippen molar-refractivity contribution in [2.45, 2.75) is 69.4 Å². The van der Waals surface area contributed by atoms with Crippen LogP contribution >= 0.6 is 0 Å². The highest BCUT2D eigenvalue weighted by atomic mass is 16.5. The number of ether oxygens (including phenoxy) is 1. The Morgan fingerprint density at radius 1 is 1.23 bits per heavy atom. The van der Waals surface area contributed by atoms with E-state index in [-0.39, 0.29) is 6.10 Å². The SMILES string of the molecule is C[C@H](Oc1cc(-n2cccn2)nc(-c2noc3c2CCC[C@@]32CCc3ccc(N)c(C#N)c32)n1)[C@@H]1CCCN1C. The number of nitrogen functional groups attached to an aromatic ring is 1. The molecular formula is C30H32N8O2. The number of hydrogen-bond acceptors (Lipinski definition) is 9. The lowest BCUT2D eigenvalue weighted by Gasteiger charge is -2.33. The van der Waals surface area contributed by atoms with Gasteiger partial charge in [-0.2, -0.15) is 15.3 Å². The first-order valence-corrected chi connectivity index (χ1v) is 14.1. The van der Waals surface area contributed by atoms with Crippen LogP contribution in [0.3, 0.4) is 0 Å². The monoisotopic (exact) mass is 536 g/mol. The van der Waals surface area contributed by atoms with Crippen LogP contribution in [0.15, 0.2) is 41.2 Å². The van der Waals surface area contributed by atoms with Gasteiger partial charge in [0.1, 0.15) is 12.2 Å². The maximum absolute atomic E-state index is 10.0. The summed E-state index contributed by atoms with van der Waals surface area (Å²) in [4.78, 5) is 12.1. The highest BCUT2D eigenvalue weighted by Crippen LogP contribution is 2.54. The zero-order valence-corrected chi connectivity index (χ0v) is 22.8. The molecule has 40 heavy (non-hydrogen) atoms. The summed E-state index contributed by atoms with van der Waals surface area (Å²) >= 11 is 0. The van der Waals surface area contributed by atoms with Crippen molar-refractivity contribution in [3.8, 4) is 29.3 Å². The Morgan fingerprint density at radius 2 is 2.12 bits per heavy atom. The average Bonchev–Trinajstić information content (AvgIpc) is 3.76. The minimum atomic E-state index is -0.422. The number of likely N-dealkylation sites (tertiary alicyclic amines) is 1. The summed E-state index contributed by atoms with van der Waals surface area (Å²) in [6.45, 7) is 3.17. The molecule has 10 heteroatoms. The molecule has 0 radical (unpaired) electrons. The molecule has 1 aromatic carbocycles. The van der Waals surface area contributed by atoms with E-state index in [1.165, 1.54) is 0 Å². The van der Waals surface area contributed by atoms with Crippen molar-refractivity contribution in [3.63, 3.8) is 0 Å². The second-order valence-electron chi connectivity index (χ2n) is 11.3. The van der Waals surface area contributed by atoms with Crippen LogP contribution in [-0.4, -0.2) is 55.5 Å². The molecule has 1 fully saturated rings. The van der Waals surface area contributed by atoms with E-state index in [0.29, 0.717) is 40.5 Å². The second kappa shape index (κ2) is 9.45. The molecule has 4 aromatic rings. The van der Waals surface area contributed by atoms with E-state index in [2.05, 4.69) is 41.3 Å². The largest absolute Gasteiger partial charge is 0.473 e. The summed E-state index contributed by atoms with van der Waals surface area (Å²) in [5.41, 5.74) is 10.7. The molecule has 2 aliphatic carbocycles. The minimum Gasteiger partial charge on any atom is -0.473 e. The molecule has 0 unspecified atom stereocenters. The van der Waals surface area contributed by atoms with Gasteiger partial charge in [0.15, 0.2) is 23.1 Å². The molecule has 0 amide bonds. The number of benzene rings is 1. The second-order valence-corrected chi connectivity index (χ2v) is 11.3. The Balaban J connectivity index is 1.32. The molecule has 0 bridgehead atoms. The summed E-state index contributed by atoms with van der Waals surface area (Å²) < 4.78 is 14.3. The van der Waals surface area contributed by atoms with Gasteiger partial charge in [0.05, 0.1) is 11.0 Å². The Morgan fingerprint density at radius 3 is 2.90 bits per heavy atom. The lowest BCUT2D eigenvalue weighted by atomic mass is 9.68. The van der Waals surface area contributed by atoms with E-state index in [4.69, 9.17) is 25.0 Å². The van der Waals surface area contributed by atoms with Crippen LogP contribution in [0.5, 0.6) is 5.88 Å². The van der Waals surface area contributed by atoms with Gasteiger partial charge in [-0.25, -0.2) is 9.67 Å². The van der Waals surface area contributed by atoms with Gasteiger partial charge in [-0.3, -0.25) is 4.90 Å². The first kappa shape index (κ1) is 24.8. The zero-order chi connectivity index (χ0) is 27.4. The normalized spacial score (nSPS) is 22.7. The summed E-state index contributed by atoms with van der Waals surface area (Å²) in [5, 5.41) is 19.0. The van der Waals surface area contributed by atoms with Crippen LogP contribution < -0.4 is 10.5 Å². The van der Waals surface area contributed by atoms with Gasteiger partial charge in [0.2, 0.25) is 5.88 Å². The number of nitriles is 1. The maximum atomic E-state index is 10.0. The summed E-state index contributed by atoms with van der Waals surface area (Å²) in [6.07, 6.45) is 10.1. The third kappa shape index (κ3) is 3.79. The molecule has 7 rings (SSSR count). The van der Waals surface area contributed by atoms with Crippen LogP contribution in [0.2, 0.25) is 0 Å². The topological polar surface area (TPSA) is 132 Å². The number of anilines is 1. The molecule has 3 aliphatic rings. The fourth-order valence-electron chi connectivity index (χ4n) is 7.16. The molecule has 204 valence electrons. The van der Waals surface area contributed by atoms with E-state index in [1.807, 2.05) is 24.4 Å². The van der Waals surface area contributed by atoms with Gasteiger partial charge in [0.25, 0.3) is 0 Å². The van der Waals surface area contributed by atoms with Gasteiger partial charge in [-0.15, -0.1) is 0 Å². The van der Waals surface area contributed by atoms with E-state index in [0.717, 1.165) is 73.9 Å². The quantitative estimate of drug-likeness (QED) is 0.373. The molecule has 3 atom stereocenters. The summed E-state index contributed by atoms with van der Waals surface area (Å²) in [6, 6.07) is 10.3. The Bertz CT molecular complexity index is 1620. The lowest BCUT2D eigenvalue weighted by Crippen LogP contribution is -2.38. The van der Waals surface area contributed by atoms with Gasteiger partial charge < -0.3 is 15.0 Å². The number of fused-ring (bicyclic) bond motifs is 4. The molecule has 4 heterocycles. The van der Waals surface area contributed by atoms with Crippen molar-refractivity contribution in [1.29, 1.82) is 5.26 Å². The molecular weight excluding hydrogens is 504 g/mol. The molecule has 0 saturated carbocycles. The molecule has 3 aromatic heterocycles. The summed E-state index contributed by atoms with van der Waals surface area (Å²) in [7, 11) is 2.14. The molecule has 2 N–H and O–H groups in total. The predicted octanol–water partition coefficient (Wildman–Crippen LogP) is 4.20. The maximum Gasteiger partial charge on any atom is 0.219 e. The Labute approximate surface area is 232 Å². The van der Waals surface area contributed by atoms with Gasteiger partial charge >= 0.3 is 0 Å². The van der Waals surface area contributed by atoms with Crippen LogP contribution in [0, 0.1) is 11.3 Å². The number of likely N-dealkylation sites (N-methyl/N-ethyl adjacent to an activating group) is 1. The van der Waals surface area contributed by atoms with Crippen molar-refractivity contribution in [3.05, 3.63) is 64.7 Å². The fraction of sp³-hybridized carbons (Fsp3) is 0.433. The molecule has 10 nitrogen and oxygen atoms in total. The molecule has 1 saturated heterocycles. The lowest BCUT2D eigenvalue weighted by molar-refractivity contribution is 0.117. The molecule has 1 aliphatic heterocycles. The molecule has 1 spiro atoms. The standard InChI is InChI=1S/C30H32N8O2/c1-18(23-7-4-14-37(23)2)39-25-16-24(38-15-5-13-33-38)34-29(35-25)27-20-6-3-11-30(28(20)40-36-27)12-10-19-8-9-22(32)21(17-31)26(19)30/h5,8-9,13,15-16,18,23H,3-4,6-7,10-12,14,32H2,1-2H3/t18-,23-,30-/m0/s1. The first-order chi connectivity index (χ1) is 19.5. The van der Waals surface area contributed by atoms with Crippen LogP contribution in [0.25, 0.3) is 17.3 Å². The number of aryl methyl sites for hydroxylation is 1. The van der Waals surface area contributed by atoms with Crippen molar-refractivity contribution in [2.24, 2.45) is 0 Å². The van der Waals surface area contributed by atoms with E-state index in [1.54, 1.807) is 10.9 Å². The minimum absolute atomic E-state index is 0.0416. The van der Waals surface area contributed by atoms with Crippen molar-refractivity contribution < 1.29 is 9.26 Å². The van der Waals surface area contributed by atoms with Gasteiger partial charge in [-0.05, 0) is 88.7 Å². The number of nitrogens with zero attached hydrogens (tertiary/aromatic N) is 7. The first-order valence-electron chi connectivity index (χ1n) is 14.1. The summed E-state index contributed by atoms with van der Waals surface area (Å²) in [5.74, 6) is 2.34. The van der Waals surface area contributed by atoms with E-state index < -0.39 is 5.41 Å². The number of hydrogen-bond donors (Lipinski definition) is 1. The highest BCUT2D eigenvalue weighted by Gasteiger charge is 2.49. The van der Waals surface area contributed by atoms with Crippen LogP contribution in [0.4, 0.5) is 5.69 Å². The predicted molar refractivity (Wildman–Crippen MR) is 148 cm³/mol. The number of aromatic nitrogens is 5. The fourth-order valence-corrected chi connectivity index (χ4v) is 7.16. The van der Waals surface area contributed by atoms with Gasteiger partial charge in [-0.1, -0.05) is 11.2 Å². The number of nitrogens with two attached hydrogens (primary N) is 1. The van der Waals surface area contributed by atoms with Crippen molar-refractivity contribution in [2.75, 3.05) is 19.3 Å². The van der Waals surface area contributed by atoms with Crippen molar-refractivity contribution >= 4 is 5.69 Å². The third-order valence-corrected chi connectivity index (χ3v) is 9.05. The van der Waals surface area contributed by atoms with Crippen LogP contribution in [0.1, 0.15) is 67.0 Å². The zero-order valence-electron chi connectivity index (χ0n) is 22.8. The van der Waals surface area contributed by atoms with Crippen LogP contribution in [-0.2, 0) is 18.3 Å². The Kier molecular flexibility index (Phi) is 5.86. The third-order valence-electron chi connectivity index (χ3n) is 9.05. The average molecular weight is 537 g/mol. The highest BCUT2D eigenvalue weighted by molar-refractivity contribution is 5.68. The van der Waals surface area contributed by atoms with Gasteiger partial charge in [0, 0.05) is 35.8 Å².